The van der Waals surface area contributed by atoms with E-state index in [2.05, 4.69) is 13.8 Å². The average Bonchev–Trinajstić information content (AvgIpc) is 1.65. The molecule has 42 valence electrons. The van der Waals surface area contributed by atoms with Crippen LogP contribution in [0.5, 0.6) is 0 Å². The molecular formula is C6H13N. The van der Waals surface area contributed by atoms with E-state index in [-0.39, 0.29) is 0 Å². The molecule has 0 aromatic heterocycles. The molecule has 0 bridgehead atoms. The first-order valence-electron chi connectivity index (χ1n) is 2.79. The highest BCUT2D eigenvalue weighted by atomic mass is 14.5. The summed E-state index contributed by atoms with van der Waals surface area (Å²) >= 11 is 0. The Kier molecular flexibility index (Phi) is 3.01. The van der Waals surface area contributed by atoms with Crippen LogP contribution in [-0.4, -0.2) is 6.54 Å². The molecule has 0 rings (SSSR count). The largest absolute Gasteiger partial charge is 0.145 e. The van der Waals surface area contributed by atoms with Crippen LogP contribution in [0.15, 0.2) is 0 Å². The zero-order valence-electron chi connectivity index (χ0n) is 5.31. The second kappa shape index (κ2) is 3.03. The molecule has 0 heterocycles. The maximum atomic E-state index is 8.51. The van der Waals surface area contributed by atoms with Gasteiger partial charge in [-0.2, -0.15) is 0 Å². The van der Waals surface area contributed by atoms with Crippen LogP contribution < -0.4 is 5.73 Å². The number of hydrogen-bond donors (Lipinski definition) is 0. The molecule has 0 fully saturated rings. The van der Waals surface area contributed by atoms with Crippen LogP contribution in [0.2, 0.25) is 0 Å². The molecule has 0 aromatic carbocycles. The molecule has 0 aromatic rings. The molecule has 1 unspecified atom stereocenters. The summed E-state index contributed by atoms with van der Waals surface area (Å²) in [4.78, 5) is 0. The van der Waals surface area contributed by atoms with Gasteiger partial charge in [-0.15, -0.1) is 5.73 Å². The molecule has 1 nitrogen and oxygen atoms in total. The summed E-state index contributed by atoms with van der Waals surface area (Å²) in [6.07, 6.45) is 0. The standard InChI is InChI=1S/C6H13N/c1-5(2)6(3)4-7/h5-6H,4H2,1-3H3. The Morgan fingerprint density at radius 1 is 1.29 bits per heavy atom. The maximum Gasteiger partial charge on any atom is 0.0349 e. The van der Waals surface area contributed by atoms with Crippen molar-refractivity contribution in [2.75, 3.05) is 6.54 Å². The molecular weight excluding hydrogens is 86.1 g/mol. The Bertz CT molecular complexity index is 41.4. The van der Waals surface area contributed by atoms with Gasteiger partial charge in [0.25, 0.3) is 0 Å². The van der Waals surface area contributed by atoms with Gasteiger partial charge in [-0.3, -0.25) is 0 Å². The van der Waals surface area contributed by atoms with Crippen LogP contribution in [0.3, 0.4) is 0 Å². The summed E-state index contributed by atoms with van der Waals surface area (Å²) in [5.74, 6) is 1.07. The lowest BCUT2D eigenvalue weighted by Crippen LogP contribution is -2.08. The van der Waals surface area contributed by atoms with Gasteiger partial charge >= 0.3 is 0 Å². The first-order valence-corrected chi connectivity index (χ1v) is 2.79. The first kappa shape index (κ1) is 6.96. The lowest BCUT2D eigenvalue weighted by Gasteiger charge is -2.09. The van der Waals surface area contributed by atoms with Gasteiger partial charge in [-0.05, 0) is 11.8 Å². The summed E-state index contributed by atoms with van der Waals surface area (Å²) in [7, 11) is 0. The van der Waals surface area contributed by atoms with Crippen molar-refractivity contribution in [1.82, 2.24) is 5.73 Å². The van der Waals surface area contributed by atoms with E-state index in [0.29, 0.717) is 18.4 Å². The Morgan fingerprint density at radius 2 is 1.71 bits per heavy atom. The molecule has 0 amide bonds. The summed E-state index contributed by atoms with van der Waals surface area (Å²) in [6, 6.07) is 0. The SMILES string of the molecule is CC(C)C(C)C[N]. The molecule has 0 saturated carbocycles. The maximum absolute atomic E-state index is 8.51. The van der Waals surface area contributed by atoms with E-state index in [1.54, 1.807) is 0 Å². The summed E-state index contributed by atoms with van der Waals surface area (Å²) in [6.45, 7) is 6.59. The highest BCUT2D eigenvalue weighted by molar-refractivity contribution is 4.54. The van der Waals surface area contributed by atoms with Gasteiger partial charge in [0.2, 0.25) is 0 Å². The van der Waals surface area contributed by atoms with Gasteiger partial charge < -0.3 is 0 Å². The van der Waals surface area contributed by atoms with E-state index < -0.39 is 0 Å². The summed E-state index contributed by atoms with van der Waals surface area (Å²) in [5, 5.41) is 0. The molecule has 0 aliphatic carbocycles. The lowest BCUT2D eigenvalue weighted by molar-refractivity contribution is 0.425. The van der Waals surface area contributed by atoms with Gasteiger partial charge in [-0.1, -0.05) is 20.8 Å². The lowest BCUT2D eigenvalue weighted by atomic mass is 9.99. The van der Waals surface area contributed by atoms with Gasteiger partial charge in [0.05, 0.1) is 0 Å². The third-order valence-corrected chi connectivity index (χ3v) is 1.43. The molecule has 0 saturated heterocycles. The average molecular weight is 99.2 g/mol. The smallest absolute Gasteiger partial charge is 0.0349 e. The van der Waals surface area contributed by atoms with Crippen molar-refractivity contribution in [3.63, 3.8) is 0 Å². The van der Waals surface area contributed by atoms with E-state index in [1.165, 1.54) is 0 Å². The minimum absolute atomic E-state index is 0.317. The Hall–Kier alpha value is -0.0400. The normalized spacial score (nSPS) is 15.0. The summed E-state index contributed by atoms with van der Waals surface area (Å²) in [5.41, 5.74) is 8.51. The Labute approximate surface area is 45.9 Å². The van der Waals surface area contributed by atoms with Crippen molar-refractivity contribution >= 4 is 0 Å². The van der Waals surface area contributed by atoms with Crippen molar-refractivity contribution in [2.45, 2.75) is 20.8 Å². The number of nitrogens with zero attached hydrogens (tertiary/aromatic N) is 1. The molecule has 0 aliphatic rings. The molecule has 0 N–H and O–H groups in total. The highest BCUT2D eigenvalue weighted by Crippen LogP contribution is 2.06. The fraction of sp³-hybridized carbons (Fsp3) is 1.00. The monoisotopic (exact) mass is 99.1 g/mol. The van der Waals surface area contributed by atoms with E-state index in [0.717, 1.165) is 0 Å². The minimum atomic E-state index is 0.317. The van der Waals surface area contributed by atoms with Crippen LogP contribution in [-0.2, 0) is 0 Å². The van der Waals surface area contributed by atoms with Crippen molar-refractivity contribution < 1.29 is 0 Å². The molecule has 0 aliphatic heterocycles. The zero-order chi connectivity index (χ0) is 5.86. The van der Waals surface area contributed by atoms with Gasteiger partial charge in [0.1, 0.15) is 0 Å². The van der Waals surface area contributed by atoms with Gasteiger partial charge in [-0.25, -0.2) is 0 Å². The molecule has 2 radical (unpaired) electrons. The minimum Gasteiger partial charge on any atom is -0.145 e. The third-order valence-electron chi connectivity index (χ3n) is 1.43. The second-order valence-electron chi connectivity index (χ2n) is 2.40. The quantitative estimate of drug-likeness (QED) is 0.498. The van der Waals surface area contributed by atoms with Gasteiger partial charge in [0, 0.05) is 6.54 Å². The van der Waals surface area contributed by atoms with Crippen LogP contribution in [0.4, 0.5) is 0 Å². The zero-order valence-corrected chi connectivity index (χ0v) is 5.31. The van der Waals surface area contributed by atoms with Crippen LogP contribution >= 0.6 is 0 Å². The second-order valence-corrected chi connectivity index (χ2v) is 2.40. The van der Waals surface area contributed by atoms with E-state index in [4.69, 9.17) is 5.73 Å². The molecule has 7 heavy (non-hydrogen) atoms. The fourth-order valence-corrected chi connectivity index (χ4v) is 0.211. The van der Waals surface area contributed by atoms with Crippen LogP contribution in [0, 0.1) is 11.8 Å². The van der Waals surface area contributed by atoms with Crippen molar-refractivity contribution in [3.05, 3.63) is 0 Å². The van der Waals surface area contributed by atoms with Crippen molar-refractivity contribution in [2.24, 2.45) is 11.8 Å². The van der Waals surface area contributed by atoms with Crippen molar-refractivity contribution in [3.8, 4) is 0 Å². The predicted octanol–water partition coefficient (Wildman–Crippen LogP) is 1.35. The Balaban J connectivity index is 3.14. The number of hydrogen-bond acceptors (Lipinski definition) is 0. The molecule has 1 heteroatoms. The van der Waals surface area contributed by atoms with Crippen molar-refractivity contribution in [1.29, 1.82) is 0 Å². The fourth-order valence-electron chi connectivity index (χ4n) is 0.211. The molecule has 1 atom stereocenters. The Morgan fingerprint density at radius 3 is 1.71 bits per heavy atom. The first-order chi connectivity index (χ1) is 3.18. The molecule has 0 spiro atoms. The topological polar surface area (TPSA) is 22.3 Å². The predicted molar refractivity (Wildman–Crippen MR) is 31.0 cm³/mol. The van der Waals surface area contributed by atoms with E-state index in [1.807, 2.05) is 6.92 Å². The highest BCUT2D eigenvalue weighted by Gasteiger charge is 2.02. The van der Waals surface area contributed by atoms with Gasteiger partial charge in [0.15, 0.2) is 0 Å². The van der Waals surface area contributed by atoms with Crippen LogP contribution in [0.25, 0.3) is 0 Å². The summed E-state index contributed by atoms with van der Waals surface area (Å²) < 4.78 is 0. The third kappa shape index (κ3) is 2.63. The van der Waals surface area contributed by atoms with E-state index in [9.17, 15) is 0 Å². The van der Waals surface area contributed by atoms with E-state index >= 15 is 0 Å². The number of rotatable bonds is 2. The van der Waals surface area contributed by atoms with Crippen LogP contribution in [0.1, 0.15) is 20.8 Å².